The van der Waals surface area contributed by atoms with Gasteiger partial charge in [-0.2, -0.15) is 0 Å². The molecule has 2 amide bonds. The Bertz CT molecular complexity index is 731. The summed E-state index contributed by atoms with van der Waals surface area (Å²) in [6, 6.07) is 10.8. The second-order valence-corrected chi connectivity index (χ2v) is 7.06. The fourth-order valence-corrected chi connectivity index (χ4v) is 3.73. The van der Waals surface area contributed by atoms with E-state index in [9.17, 15) is 9.59 Å². The fourth-order valence-electron chi connectivity index (χ4n) is 2.94. The number of rotatable bonds is 7. The van der Waals surface area contributed by atoms with Crippen molar-refractivity contribution in [3.63, 3.8) is 0 Å². The van der Waals surface area contributed by atoms with E-state index >= 15 is 0 Å². The Morgan fingerprint density at radius 2 is 2.12 bits per heavy atom. The van der Waals surface area contributed by atoms with Crippen molar-refractivity contribution in [1.29, 1.82) is 0 Å². The number of hydrogen-bond donors (Lipinski definition) is 1. The molecule has 1 N–H and O–H groups in total. The van der Waals surface area contributed by atoms with Crippen LogP contribution in [0.2, 0.25) is 0 Å². The molecule has 1 saturated heterocycles. The van der Waals surface area contributed by atoms with Crippen LogP contribution in [0.15, 0.2) is 52.0 Å². The van der Waals surface area contributed by atoms with Gasteiger partial charge in [-0.3, -0.25) is 9.59 Å². The number of nitrogens with zero attached hydrogens (tertiary/aromatic N) is 1. The van der Waals surface area contributed by atoms with Crippen LogP contribution in [0, 0.1) is 0 Å². The topological polar surface area (TPSA) is 71.8 Å². The average molecular weight is 374 g/mol. The summed E-state index contributed by atoms with van der Waals surface area (Å²) in [7, 11) is 1.62. The summed E-state index contributed by atoms with van der Waals surface area (Å²) in [6.07, 6.45) is 3.12. The van der Waals surface area contributed by atoms with E-state index in [-0.39, 0.29) is 11.8 Å². The van der Waals surface area contributed by atoms with Gasteiger partial charge in [0.1, 0.15) is 17.6 Å². The Balaban J connectivity index is 1.51. The van der Waals surface area contributed by atoms with Crippen molar-refractivity contribution in [2.45, 2.75) is 30.3 Å². The Morgan fingerprint density at radius 1 is 1.31 bits per heavy atom. The third-order valence-corrected chi connectivity index (χ3v) is 5.31. The highest BCUT2D eigenvalue weighted by Crippen LogP contribution is 2.24. The molecule has 0 saturated carbocycles. The van der Waals surface area contributed by atoms with Crippen molar-refractivity contribution in [3.05, 3.63) is 48.4 Å². The number of hydrogen-bond acceptors (Lipinski definition) is 5. The van der Waals surface area contributed by atoms with E-state index in [0.29, 0.717) is 31.0 Å². The maximum absolute atomic E-state index is 12.6. The Morgan fingerprint density at radius 3 is 2.81 bits per heavy atom. The number of carbonyl (C=O) groups excluding carboxylic acids is 2. The summed E-state index contributed by atoms with van der Waals surface area (Å²) < 4.78 is 10.3. The second-order valence-electron chi connectivity index (χ2n) is 6.01. The predicted molar refractivity (Wildman–Crippen MR) is 99.0 cm³/mol. The van der Waals surface area contributed by atoms with E-state index < -0.39 is 6.04 Å². The molecule has 1 atom stereocenters. The molecule has 1 unspecified atom stereocenters. The number of methoxy groups -OCH3 is 1. The second kappa shape index (κ2) is 8.80. The van der Waals surface area contributed by atoms with Crippen LogP contribution in [-0.4, -0.2) is 42.2 Å². The molecule has 3 rings (SSSR count). The van der Waals surface area contributed by atoms with Gasteiger partial charge in [-0.15, -0.1) is 11.8 Å². The first-order valence-electron chi connectivity index (χ1n) is 8.54. The largest absolute Gasteiger partial charge is 0.497 e. The molecular weight excluding hydrogens is 352 g/mol. The minimum atomic E-state index is -0.395. The van der Waals surface area contributed by atoms with Crippen LogP contribution >= 0.6 is 11.8 Å². The quantitative estimate of drug-likeness (QED) is 0.755. The zero-order chi connectivity index (χ0) is 18.4. The van der Waals surface area contributed by atoms with E-state index in [2.05, 4.69) is 5.32 Å². The molecule has 138 valence electrons. The highest BCUT2D eigenvalue weighted by atomic mass is 32.2. The van der Waals surface area contributed by atoms with E-state index in [1.54, 1.807) is 24.3 Å². The lowest BCUT2D eigenvalue weighted by Gasteiger charge is -2.23. The standard InChI is InChI=1S/C19H22N2O4S/c1-24-14-6-8-16(9-7-14)26-13-18(22)21-10-2-5-17(21)19(23)20-12-15-4-3-11-25-15/h3-4,6-9,11,17H,2,5,10,12-13H2,1H3,(H,20,23). The molecular formula is C19H22N2O4S. The lowest BCUT2D eigenvalue weighted by molar-refractivity contribution is -0.136. The highest BCUT2D eigenvalue weighted by Gasteiger charge is 2.33. The van der Waals surface area contributed by atoms with Crippen molar-refractivity contribution in [2.24, 2.45) is 0 Å². The normalized spacial score (nSPS) is 16.5. The minimum Gasteiger partial charge on any atom is -0.497 e. The molecule has 0 spiro atoms. The van der Waals surface area contributed by atoms with Gasteiger partial charge in [0.05, 0.1) is 25.7 Å². The maximum Gasteiger partial charge on any atom is 0.243 e. The number of benzene rings is 1. The number of amides is 2. The zero-order valence-corrected chi connectivity index (χ0v) is 15.5. The highest BCUT2D eigenvalue weighted by molar-refractivity contribution is 8.00. The van der Waals surface area contributed by atoms with E-state index in [0.717, 1.165) is 17.1 Å². The molecule has 6 nitrogen and oxygen atoms in total. The molecule has 7 heteroatoms. The molecule has 2 heterocycles. The van der Waals surface area contributed by atoms with Crippen LogP contribution in [0.5, 0.6) is 5.75 Å². The van der Waals surface area contributed by atoms with E-state index in [4.69, 9.17) is 9.15 Å². The number of ether oxygens (including phenoxy) is 1. The first-order valence-corrected chi connectivity index (χ1v) is 9.52. The molecule has 0 aliphatic carbocycles. The Kier molecular flexibility index (Phi) is 6.22. The summed E-state index contributed by atoms with van der Waals surface area (Å²) in [5.41, 5.74) is 0. The Labute approximate surface area is 156 Å². The van der Waals surface area contributed by atoms with Gasteiger partial charge < -0.3 is 19.4 Å². The summed E-state index contributed by atoms with van der Waals surface area (Å²) in [5.74, 6) is 1.66. The predicted octanol–water partition coefficient (Wildman–Crippen LogP) is 2.69. The summed E-state index contributed by atoms with van der Waals surface area (Å²) in [4.78, 5) is 27.7. The average Bonchev–Trinajstić information content (AvgIpc) is 3.36. The van der Waals surface area contributed by atoms with Gasteiger partial charge in [-0.1, -0.05) is 0 Å². The van der Waals surface area contributed by atoms with Gasteiger partial charge in [0.25, 0.3) is 0 Å². The van der Waals surface area contributed by atoms with Crippen LogP contribution in [0.3, 0.4) is 0 Å². The van der Waals surface area contributed by atoms with Gasteiger partial charge >= 0.3 is 0 Å². The van der Waals surface area contributed by atoms with Gasteiger partial charge in [0, 0.05) is 11.4 Å². The smallest absolute Gasteiger partial charge is 0.243 e. The molecule has 0 radical (unpaired) electrons. The Hall–Kier alpha value is -2.41. The monoisotopic (exact) mass is 374 g/mol. The van der Waals surface area contributed by atoms with Crippen LogP contribution in [0.1, 0.15) is 18.6 Å². The lowest BCUT2D eigenvalue weighted by atomic mass is 10.2. The number of carbonyl (C=O) groups is 2. The van der Waals surface area contributed by atoms with Crippen LogP contribution in [0.4, 0.5) is 0 Å². The SMILES string of the molecule is COc1ccc(SCC(=O)N2CCCC2C(=O)NCc2ccco2)cc1. The van der Waals surface area contributed by atoms with Crippen molar-refractivity contribution < 1.29 is 18.7 Å². The van der Waals surface area contributed by atoms with Gasteiger partial charge in [0.15, 0.2) is 0 Å². The molecule has 1 aromatic heterocycles. The molecule has 1 fully saturated rings. The van der Waals surface area contributed by atoms with E-state index in [1.165, 1.54) is 11.8 Å². The van der Waals surface area contributed by atoms with Crippen LogP contribution < -0.4 is 10.1 Å². The van der Waals surface area contributed by atoms with Gasteiger partial charge in [-0.25, -0.2) is 0 Å². The number of furan rings is 1. The summed E-state index contributed by atoms with van der Waals surface area (Å²) >= 11 is 1.47. The number of nitrogens with one attached hydrogen (secondary N) is 1. The fraction of sp³-hybridized carbons (Fsp3) is 0.368. The third kappa shape index (κ3) is 4.60. The summed E-state index contributed by atoms with van der Waals surface area (Å²) in [6.45, 7) is 0.964. The number of thioether (sulfide) groups is 1. The lowest BCUT2D eigenvalue weighted by Crippen LogP contribution is -2.46. The molecule has 2 aromatic rings. The summed E-state index contributed by atoms with van der Waals surface area (Å²) in [5, 5.41) is 2.85. The first kappa shape index (κ1) is 18.4. The van der Waals surface area contributed by atoms with Gasteiger partial charge in [-0.05, 0) is 49.2 Å². The minimum absolute atomic E-state index is 0.0125. The molecule has 26 heavy (non-hydrogen) atoms. The molecule has 1 aliphatic rings. The van der Waals surface area contributed by atoms with Gasteiger partial charge in [0.2, 0.25) is 11.8 Å². The zero-order valence-electron chi connectivity index (χ0n) is 14.6. The molecule has 1 aromatic carbocycles. The number of likely N-dealkylation sites (tertiary alicyclic amines) is 1. The maximum atomic E-state index is 12.6. The van der Waals surface area contributed by atoms with Crippen LogP contribution in [0.25, 0.3) is 0 Å². The van der Waals surface area contributed by atoms with Crippen LogP contribution in [-0.2, 0) is 16.1 Å². The third-order valence-electron chi connectivity index (χ3n) is 4.31. The molecule has 1 aliphatic heterocycles. The van der Waals surface area contributed by atoms with Crippen molar-refractivity contribution in [3.8, 4) is 5.75 Å². The van der Waals surface area contributed by atoms with Crippen molar-refractivity contribution in [2.75, 3.05) is 19.4 Å². The van der Waals surface area contributed by atoms with Crippen molar-refractivity contribution in [1.82, 2.24) is 10.2 Å². The molecule has 0 bridgehead atoms. The first-order chi connectivity index (χ1) is 12.7. The van der Waals surface area contributed by atoms with Crippen molar-refractivity contribution >= 4 is 23.6 Å². The van der Waals surface area contributed by atoms with E-state index in [1.807, 2.05) is 30.3 Å².